The van der Waals surface area contributed by atoms with E-state index in [1.54, 1.807) is 30.4 Å². The van der Waals surface area contributed by atoms with Crippen LogP contribution in [-0.4, -0.2) is 24.3 Å². The Labute approximate surface area is 176 Å². The summed E-state index contributed by atoms with van der Waals surface area (Å²) < 4.78 is 24.2. The number of rotatable bonds is 7. The summed E-state index contributed by atoms with van der Waals surface area (Å²) in [6.45, 7) is 3.95. The van der Waals surface area contributed by atoms with Gasteiger partial charge in [0.2, 0.25) is 0 Å². The summed E-state index contributed by atoms with van der Waals surface area (Å²) in [5.41, 5.74) is 3.01. The molecule has 0 aliphatic heterocycles. The molecule has 158 valence electrons. The number of hydrogen-bond acceptors (Lipinski definition) is 4. The molecule has 5 heteroatoms. The van der Waals surface area contributed by atoms with E-state index in [1.165, 1.54) is 19.2 Å². The molecule has 0 radical (unpaired) electrons. The largest absolute Gasteiger partial charge is 0.507 e. The van der Waals surface area contributed by atoms with Crippen molar-refractivity contribution in [2.75, 3.05) is 7.11 Å². The van der Waals surface area contributed by atoms with Crippen LogP contribution in [0.1, 0.15) is 60.2 Å². The highest BCUT2D eigenvalue weighted by Gasteiger charge is 2.26. The first-order valence-electron chi connectivity index (χ1n) is 10.1. The van der Waals surface area contributed by atoms with Crippen LogP contribution in [0.2, 0.25) is 0 Å². The lowest BCUT2D eigenvalue weighted by Crippen LogP contribution is -2.25. The summed E-state index contributed by atoms with van der Waals surface area (Å²) in [4.78, 5) is 12.5. The lowest BCUT2D eigenvalue weighted by Gasteiger charge is -2.28. The third kappa shape index (κ3) is 5.09. The summed E-state index contributed by atoms with van der Waals surface area (Å²) in [5, 5.41) is 11.0. The lowest BCUT2D eigenvalue weighted by molar-refractivity contribution is 0.0596. The number of hydrogen-bond donors (Lipinski definition) is 1. The van der Waals surface area contributed by atoms with Crippen LogP contribution in [0.15, 0.2) is 42.0 Å². The quantitative estimate of drug-likeness (QED) is 0.349. The number of phenols is 1. The van der Waals surface area contributed by atoms with Crippen molar-refractivity contribution in [3.8, 4) is 11.5 Å². The number of ether oxygens (including phenoxy) is 2. The molecule has 0 atom stereocenters. The number of carbonyl (C=O) groups excluding carboxylic acids is 1. The molecule has 0 saturated heterocycles. The summed E-state index contributed by atoms with van der Waals surface area (Å²) >= 11 is 0. The van der Waals surface area contributed by atoms with E-state index in [4.69, 9.17) is 9.47 Å². The Morgan fingerprint density at radius 3 is 2.47 bits per heavy atom. The van der Waals surface area contributed by atoms with Gasteiger partial charge in [-0.2, -0.15) is 0 Å². The first-order chi connectivity index (χ1) is 14.4. The van der Waals surface area contributed by atoms with Gasteiger partial charge in [0.15, 0.2) is 0 Å². The minimum Gasteiger partial charge on any atom is -0.507 e. The van der Waals surface area contributed by atoms with Crippen molar-refractivity contribution in [1.82, 2.24) is 0 Å². The van der Waals surface area contributed by atoms with Crippen molar-refractivity contribution in [3.63, 3.8) is 0 Å². The number of esters is 1. The molecule has 0 bridgehead atoms. The van der Waals surface area contributed by atoms with Crippen LogP contribution in [-0.2, 0) is 11.2 Å². The zero-order valence-electron chi connectivity index (χ0n) is 17.6. The highest BCUT2D eigenvalue weighted by molar-refractivity contribution is 5.98. The van der Waals surface area contributed by atoms with E-state index in [2.05, 4.69) is 0 Å². The van der Waals surface area contributed by atoms with Crippen LogP contribution in [0.25, 0.3) is 12.2 Å². The van der Waals surface area contributed by atoms with E-state index < -0.39 is 5.97 Å². The second-order valence-corrected chi connectivity index (χ2v) is 7.70. The Kier molecular flexibility index (Phi) is 6.93. The first-order valence-corrected chi connectivity index (χ1v) is 10.1. The Morgan fingerprint density at radius 2 is 1.90 bits per heavy atom. The molecule has 30 heavy (non-hydrogen) atoms. The van der Waals surface area contributed by atoms with Crippen LogP contribution in [0.4, 0.5) is 4.39 Å². The summed E-state index contributed by atoms with van der Waals surface area (Å²) in [6.07, 6.45) is 9.08. The predicted octanol–water partition coefficient (Wildman–Crippen LogP) is 5.93. The number of carbonyl (C=O) groups is 1. The highest BCUT2D eigenvalue weighted by atomic mass is 19.1. The average molecular weight is 410 g/mol. The number of methoxy groups -OCH3 is 1. The number of phenolic OH excluding ortho intramolecular Hbond substituents is 1. The van der Waals surface area contributed by atoms with Gasteiger partial charge in [0.05, 0.1) is 13.2 Å². The van der Waals surface area contributed by atoms with Crippen molar-refractivity contribution in [2.24, 2.45) is 0 Å². The van der Waals surface area contributed by atoms with E-state index in [0.29, 0.717) is 23.3 Å². The monoisotopic (exact) mass is 410 g/mol. The minimum atomic E-state index is -0.625. The molecular weight excluding hydrogens is 383 g/mol. The van der Waals surface area contributed by atoms with Crippen molar-refractivity contribution in [2.45, 2.75) is 45.6 Å². The molecule has 1 fully saturated rings. The van der Waals surface area contributed by atoms with E-state index in [0.717, 1.165) is 30.4 Å². The Hall–Kier alpha value is -3.08. The van der Waals surface area contributed by atoms with E-state index in [1.807, 2.05) is 19.9 Å². The third-order valence-corrected chi connectivity index (χ3v) is 5.17. The number of aromatic hydroxyl groups is 1. The third-order valence-electron chi connectivity index (χ3n) is 5.17. The predicted molar refractivity (Wildman–Crippen MR) is 116 cm³/mol. The fourth-order valence-corrected chi connectivity index (χ4v) is 3.19. The lowest BCUT2D eigenvalue weighted by atomic mass is 9.94. The molecule has 0 amide bonds. The van der Waals surface area contributed by atoms with Crippen LogP contribution in [0, 0.1) is 5.82 Å². The smallest absolute Gasteiger partial charge is 0.342 e. The fourth-order valence-electron chi connectivity index (χ4n) is 3.19. The van der Waals surface area contributed by atoms with Gasteiger partial charge < -0.3 is 14.6 Å². The van der Waals surface area contributed by atoms with Gasteiger partial charge in [-0.3, -0.25) is 0 Å². The molecule has 0 heterocycles. The molecule has 1 aliphatic carbocycles. The normalized spacial score (nSPS) is 13.7. The molecular formula is C25H27FO4. The Morgan fingerprint density at radius 1 is 1.20 bits per heavy atom. The van der Waals surface area contributed by atoms with Crippen molar-refractivity contribution >= 4 is 18.1 Å². The maximum Gasteiger partial charge on any atom is 0.342 e. The number of halogens is 1. The summed E-state index contributed by atoms with van der Waals surface area (Å²) in [6, 6.07) is 7.79. The highest BCUT2D eigenvalue weighted by Crippen LogP contribution is 2.39. The van der Waals surface area contributed by atoms with Crippen molar-refractivity contribution in [1.29, 1.82) is 0 Å². The summed E-state index contributed by atoms with van der Waals surface area (Å²) in [5.74, 6) is -0.504. The van der Waals surface area contributed by atoms with E-state index in [-0.39, 0.29) is 23.2 Å². The van der Waals surface area contributed by atoms with Gasteiger partial charge in [0.25, 0.3) is 0 Å². The maximum atomic E-state index is 13.2. The average Bonchev–Trinajstić information content (AvgIpc) is 2.68. The molecule has 2 aromatic carbocycles. The zero-order chi connectivity index (χ0) is 21.7. The topological polar surface area (TPSA) is 55.8 Å². The molecule has 0 aromatic heterocycles. The maximum absolute atomic E-state index is 13.2. The number of allylic oxidation sites excluding steroid dienone is 2. The summed E-state index contributed by atoms with van der Waals surface area (Å²) in [7, 11) is 1.28. The fraction of sp³-hybridized carbons (Fsp3) is 0.320. The standard InChI is InChI=1S/C25H27FO4/c1-16(2)7-14-21-22(30-20-5-4-6-20)15-18(23(24(21)27)25(28)29-3)11-8-17-9-12-19(26)13-10-17/h7-13,15,20,27H,4-6,14H2,1-3H3. The molecule has 2 aromatic rings. The van der Waals surface area contributed by atoms with Crippen molar-refractivity contribution in [3.05, 3.63) is 70.1 Å². The van der Waals surface area contributed by atoms with Gasteiger partial charge in [-0.15, -0.1) is 0 Å². The van der Waals surface area contributed by atoms with Gasteiger partial charge >= 0.3 is 5.97 Å². The Balaban J connectivity index is 2.09. The van der Waals surface area contributed by atoms with E-state index in [9.17, 15) is 14.3 Å². The van der Waals surface area contributed by atoms with Crippen LogP contribution in [0.5, 0.6) is 11.5 Å². The van der Waals surface area contributed by atoms with Gasteiger partial charge in [-0.25, -0.2) is 9.18 Å². The minimum absolute atomic E-state index is 0.0916. The van der Waals surface area contributed by atoms with Gasteiger partial charge in [-0.05, 0) is 68.9 Å². The van der Waals surface area contributed by atoms with E-state index >= 15 is 0 Å². The second kappa shape index (κ2) is 9.61. The zero-order valence-corrected chi connectivity index (χ0v) is 17.6. The molecule has 1 saturated carbocycles. The molecule has 0 unspecified atom stereocenters. The molecule has 4 nitrogen and oxygen atoms in total. The molecule has 0 spiro atoms. The van der Waals surface area contributed by atoms with Crippen molar-refractivity contribution < 1.29 is 23.8 Å². The van der Waals surface area contributed by atoms with Gasteiger partial charge in [-0.1, -0.05) is 35.9 Å². The molecule has 1 aliphatic rings. The molecule has 1 N–H and O–H groups in total. The molecule has 3 rings (SSSR count). The van der Waals surface area contributed by atoms with Crippen LogP contribution in [0.3, 0.4) is 0 Å². The number of benzene rings is 2. The second-order valence-electron chi connectivity index (χ2n) is 7.70. The first kappa shape index (κ1) is 21.6. The van der Waals surface area contributed by atoms with Crippen LogP contribution >= 0.6 is 0 Å². The van der Waals surface area contributed by atoms with Gasteiger partial charge in [0, 0.05) is 5.56 Å². The SMILES string of the molecule is COC(=O)c1c(C=Cc2ccc(F)cc2)cc(OC2CCC2)c(CC=C(C)C)c1O. The van der Waals surface area contributed by atoms with Crippen LogP contribution < -0.4 is 4.74 Å². The Bertz CT molecular complexity index is 966. The van der Waals surface area contributed by atoms with Gasteiger partial charge in [0.1, 0.15) is 22.9 Å².